The Bertz CT molecular complexity index is 1280. The van der Waals surface area contributed by atoms with Gasteiger partial charge in [-0.1, -0.05) is 6.07 Å². The normalized spacial score (nSPS) is 13.7. The van der Waals surface area contributed by atoms with Gasteiger partial charge in [-0.15, -0.1) is 0 Å². The minimum absolute atomic E-state index is 0.0815. The van der Waals surface area contributed by atoms with Gasteiger partial charge >= 0.3 is 0 Å². The Morgan fingerprint density at radius 3 is 2.34 bits per heavy atom. The lowest BCUT2D eigenvalue weighted by molar-refractivity contribution is 0.617. The van der Waals surface area contributed by atoms with E-state index in [4.69, 9.17) is 0 Å². The van der Waals surface area contributed by atoms with Crippen molar-refractivity contribution in [1.29, 1.82) is 0 Å². The molecule has 3 heterocycles. The fraction of sp³-hybridized carbons (Fsp3) is 0.217. The van der Waals surface area contributed by atoms with Gasteiger partial charge in [0.2, 0.25) is 0 Å². The van der Waals surface area contributed by atoms with Gasteiger partial charge in [0.05, 0.1) is 17.3 Å². The third-order valence-corrected chi connectivity index (χ3v) is 6.50. The van der Waals surface area contributed by atoms with E-state index in [-0.39, 0.29) is 5.56 Å². The molecule has 2 aromatic heterocycles. The molecule has 0 amide bonds. The second kappa shape index (κ2) is 7.02. The van der Waals surface area contributed by atoms with E-state index < -0.39 is 0 Å². The second-order valence-corrected chi connectivity index (χ2v) is 8.74. The highest BCUT2D eigenvalue weighted by Crippen LogP contribution is 2.29. The van der Waals surface area contributed by atoms with Crippen LogP contribution in [-0.2, 0) is 0 Å². The van der Waals surface area contributed by atoms with Crippen molar-refractivity contribution in [2.24, 2.45) is 0 Å². The Labute approximate surface area is 182 Å². The third kappa shape index (κ3) is 2.97. The quantitative estimate of drug-likeness (QED) is 0.390. The highest BCUT2D eigenvalue weighted by molar-refractivity contribution is 14.1. The van der Waals surface area contributed by atoms with E-state index in [1.807, 2.05) is 37.4 Å². The smallest absolute Gasteiger partial charge is 0.281 e. The summed E-state index contributed by atoms with van der Waals surface area (Å²) in [5.41, 5.74) is 5.01. The number of hydrogen-bond donors (Lipinski definition) is 0. The van der Waals surface area contributed by atoms with Crippen LogP contribution in [0.25, 0.3) is 22.1 Å². The number of benzene rings is 2. The highest BCUT2D eigenvalue weighted by Gasteiger charge is 2.19. The molecule has 2 aromatic carbocycles. The first kappa shape index (κ1) is 18.4. The molecule has 0 unspecified atom stereocenters. The molecule has 0 N–H and O–H groups in total. The Morgan fingerprint density at radius 1 is 0.931 bits per heavy atom. The first-order chi connectivity index (χ1) is 14.0. The van der Waals surface area contributed by atoms with Crippen molar-refractivity contribution >= 4 is 39.1 Å². The summed E-state index contributed by atoms with van der Waals surface area (Å²) in [5, 5.41) is 6.10. The van der Waals surface area contributed by atoms with Gasteiger partial charge in [0.15, 0.2) is 0 Å². The van der Waals surface area contributed by atoms with Crippen molar-refractivity contribution in [2.75, 3.05) is 18.0 Å². The zero-order chi connectivity index (χ0) is 20.1. The van der Waals surface area contributed by atoms with Gasteiger partial charge in [-0.25, -0.2) is 0 Å². The van der Waals surface area contributed by atoms with Gasteiger partial charge in [-0.05, 0) is 85.3 Å². The topological polar surface area (TPSA) is 43.1 Å². The van der Waals surface area contributed by atoms with Gasteiger partial charge in [-0.3, -0.25) is 4.79 Å². The fourth-order valence-corrected chi connectivity index (χ4v) is 4.48. The van der Waals surface area contributed by atoms with Crippen LogP contribution in [-0.4, -0.2) is 27.4 Å². The Hall–Kier alpha value is -2.61. The van der Waals surface area contributed by atoms with E-state index >= 15 is 0 Å². The largest absolute Gasteiger partial charge is 0.371 e. The van der Waals surface area contributed by atoms with Gasteiger partial charge in [0, 0.05) is 44.8 Å². The molecule has 0 saturated carbocycles. The molecule has 0 bridgehead atoms. The van der Waals surface area contributed by atoms with Crippen LogP contribution in [0.2, 0.25) is 0 Å². The average Bonchev–Trinajstić information content (AvgIpc) is 2.93. The van der Waals surface area contributed by atoms with Crippen molar-refractivity contribution in [3.8, 4) is 11.4 Å². The highest BCUT2D eigenvalue weighted by atomic mass is 127. The molecule has 1 saturated heterocycles. The standard InChI is InChI=1S/C23H21IN4O/c1-15-21-14-25-28(18-9-7-17(24)8-10-18)23(29)22(21)16(2)27(15)20-6-3-5-19(13-20)26-11-4-12-26/h3,5-10,13-14H,4,11-12H2,1-2H3. The maximum atomic E-state index is 13.3. The van der Waals surface area contributed by atoms with Crippen molar-refractivity contribution in [3.63, 3.8) is 0 Å². The predicted octanol–water partition coefficient (Wildman–Crippen LogP) is 4.61. The molecule has 146 valence electrons. The SMILES string of the molecule is Cc1c2cnn(-c3ccc(I)cc3)c(=O)c2c(C)n1-c1cccc(N2CCC2)c1. The number of halogens is 1. The molecule has 1 aliphatic heterocycles. The minimum Gasteiger partial charge on any atom is -0.371 e. The number of aryl methyl sites for hydroxylation is 2. The molecule has 0 aliphatic carbocycles. The molecule has 6 heteroatoms. The molecule has 29 heavy (non-hydrogen) atoms. The van der Waals surface area contributed by atoms with Crippen molar-refractivity contribution in [2.45, 2.75) is 20.3 Å². The van der Waals surface area contributed by atoms with E-state index in [0.29, 0.717) is 0 Å². The summed E-state index contributed by atoms with van der Waals surface area (Å²) in [7, 11) is 0. The number of aromatic nitrogens is 3. The van der Waals surface area contributed by atoms with E-state index in [0.717, 1.165) is 50.2 Å². The molecule has 4 aromatic rings. The summed E-state index contributed by atoms with van der Waals surface area (Å²) in [4.78, 5) is 15.7. The number of nitrogens with zero attached hydrogens (tertiary/aromatic N) is 4. The first-order valence-corrected chi connectivity index (χ1v) is 10.8. The molecule has 0 radical (unpaired) electrons. The van der Waals surface area contributed by atoms with Crippen LogP contribution in [0.3, 0.4) is 0 Å². The maximum Gasteiger partial charge on any atom is 0.281 e. The average molecular weight is 496 g/mol. The second-order valence-electron chi connectivity index (χ2n) is 7.49. The van der Waals surface area contributed by atoms with E-state index in [1.165, 1.54) is 16.8 Å². The molecular formula is C23H21IN4O. The number of rotatable bonds is 3. The molecule has 5 nitrogen and oxygen atoms in total. The summed E-state index contributed by atoms with van der Waals surface area (Å²) < 4.78 is 4.79. The molecule has 5 rings (SSSR count). The lowest BCUT2D eigenvalue weighted by Crippen LogP contribution is -2.36. The molecular weight excluding hydrogens is 475 g/mol. The summed E-state index contributed by atoms with van der Waals surface area (Å²) in [6.45, 7) is 6.30. The van der Waals surface area contributed by atoms with Gasteiger partial charge in [0.1, 0.15) is 0 Å². The fourth-order valence-electron chi connectivity index (χ4n) is 4.12. The zero-order valence-corrected chi connectivity index (χ0v) is 18.6. The van der Waals surface area contributed by atoms with Crippen molar-refractivity contribution in [1.82, 2.24) is 14.3 Å². The van der Waals surface area contributed by atoms with Crippen LogP contribution in [0, 0.1) is 17.4 Å². The van der Waals surface area contributed by atoms with Crippen LogP contribution < -0.4 is 10.5 Å². The van der Waals surface area contributed by atoms with Crippen molar-refractivity contribution in [3.05, 3.63) is 80.0 Å². The van der Waals surface area contributed by atoms with Gasteiger partial charge < -0.3 is 9.47 Å². The van der Waals surface area contributed by atoms with Crippen LogP contribution >= 0.6 is 22.6 Å². The monoisotopic (exact) mass is 496 g/mol. The molecule has 0 spiro atoms. The maximum absolute atomic E-state index is 13.3. The Balaban J connectivity index is 1.69. The van der Waals surface area contributed by atoms with E-state index in [9.17, 15) is 4.79 Å². The van der Waals surface area contributed by atoms with Crippen LogP contribution in [0.4, 0.5) is 5.69 Å². The summed E-state index contributed by atoms with van der Waals surface area (Å²) in [6, 6.07) is 16.4. The van der Waals surface area contributed by atoms with Crippen LogP contribution in [0.5, 0.6) is 0 Å². The summed E-state index contributed by atoms with van der Waals surface area (Å²) >= 11 is 2.26. The zero-order valence-electron chi connectivity index (χ0n) is 16.4. The molecule has 1 fully saturated rings. The Morgan fingerprint density at radius 2 is 1.66 bits per heavy atom. The minimum atomic E-state index is -0.0815. The molecule has 0 atom stereocenters. The summed E-state index contributed by atoms with van der Waals surface area (Å²) in [6.07, 6.45) is 3.06. The van der Waals surface area contributed by atoms with Crippen molar-refractivity contribution < 1.29 is 0 Å². The summed E-state index contributed by atoms with van der Waals surface area (Å²) in [5.74, 6) is 0. The lowest BCUT2D eigenvalue weighted by Gasteiger charge is -2.33. The third-order valence-electron chi connectivity index (χ3n) is 5.78. The number of hydrogen-bond acceptors (Lipinski definition) is 3. The van der Waals surface area contributed by atoms with Crippen LogP contribution in [0.15, 0.2) is 59.5 Å². The van der Waals surface area contributed by atoms with Gasteiger partial charge in [0.25, 0.3) is 5.56 Å². The van der Waals surface area contributed by atoms with E-state index in [1.54, 1.807) is 0 Å². The number of anilines is 1. The van der Waals surface area contributed by atoms with Gasteiger partial charge in [-0.2, -0.15) is 9.78 Å². The lowest BCUT2D eigenvalue weighted by atomic mass is 10.1. The number of fused-ring (bicyclic) bond motifs is 1. The molecule has 1 aliphatic rings. The Kier molecular flexibility index (Phi) is 4.46. The van der Waals surface area contributed by atoms with Crippen LogP contribution in [0.1, 0.15) is 17.8 Å². The first-order valence-electron chi connectivity index (χ1n) is 9.76. The van der Waals surface area contributed by atoms with E-state index in [2.05, 4.69) is 68.3 Å². The predicted molar refractivity (Wildman–Crippen MR) is 126 cm³/mol.